The quantitative estimate of drug-likeness (QED) is 0.711. The Hall–Kier alpha value is -3.53. The third-order valence-electron chi connectivity index (χ3n) is 3.98. The molecule has 4 nitrogen and oxygen atoms in total. The summed E-state index contributed by atoms with van der Waals surface area (Å²) >= 11 is 0. The molecule has 0 unspecified atom stereocenters. The molecule has 1 amide bonds. The summed E-state index contributed by atoms with van der Waals surface area (Å²) in [6, 6.07) is 25.0. The molecule has 0 atom stereocenters. The molecule has 0 spiro atoms. The van der Waals surface area contributed by atoms with E-state index in [0.29, 0.717) is 5.56 Å². The highest BCUT2D eigenvalue weighted by molar-refractivity contribution is 5.94. The summed E-state index contributed by atoms with van der Waals surface area (Å²) in [5, 5.41) is 0. The van der Waals surface area contributed by atoms with Crippen LogP contribution in [0.25, 0.3) is 6.08 Å². The molecule has 0 saturated heterocycles. The van der Waals surface area contributed by atoms with Crippen molar-refractivity contribution in [3.63, 3.8) is 0 Å². The van der Waals surface area contributed by atoms with Crippen LogP contribution in [0, 0.1) is 0 Å². The Morgan fingerprint density at radius 2 is 1.62 bits per heavy atom. The van der Waals surface area contributed by atoms with Crippen molar-refractivity contribution in [1.29, 1.82) is 0 Å². The molecule has 3 aromatic carbocycles. The number of anilines is 2. The molecule has 26 heavy (non-hydrogen) atoms. The molecular weight excluding hydrogens is 324 g/mol. The second-order valence-electron chi connectivity index (χ2n) is 5.71. The van der Waals surface area contributed by atoms with Crippen molar-refractivity contribution in [3.05, 3.63) is 96.2 Å². The molecule has 4 heteroatoms. The lowest BCUT2D eigenvalue weighted by atomic mass is 10.1. The number of amides is 1. The van der Waals surface area contributed by atoms with Gasteiger partial charge in [-0.15, -0.1) is 0 Å². The van der Waals surface area contributed by atoms with Crippen molar-refractivity contribution in [3.8, 4) is 5.75 Å². The number of hydrogen-bond acceptors (Lipinski definition) is 3. The topological polar surface area (TPSA) is 55.6 Å². The van der Waals surface area contributed by atoms with Crippen LogP contribution >= 0.6 is 0 Å². The molecule has 3 rings (SSSR count). The summed E-state index contributed by atoms with van der Waals surface area (Å²) in [5.74, 6) is 0.371. The molecule has 0 saturated carbocycles. The van der Waals surface area contributed by atoms with Gasteiger partial charge >= 0.3 is 0 Å². The average Bonchev–Trinajstić information content (AvgIpc) is 2.69. The van der Waals surface area contributed by atoms with Crippen LogP contribution in [0.1, 0.15) is 15.9 Å². The Bertz CT molecular complexity index is 903. The van der Waals surface area contributed by atoms with Gasteiger partial charge in [0.2, 0.25) is 5.91 Å². The molecule has 0 aliphatic rings. The summed E-state index contributed by atoms with van der Waals surface area (Å²) in [6.45, 7) is 0. The van der Waals surface area contributed by atoms with E-state index in [2.05, 4.69) is 0 Å². The number of benzene rings is 3. The SMILES string of the molecule is COc1ccc(/C=C/N(c2ccccc2)c2cccc(C(N)=O)c2)cc1. The van der Waals surface area contributed by atoms with E-state index in [0.717, 1.165) is 22.7 Å². The number of hydrogen-bond donors (Lipinski definition) is 1. The second kappa shape index (κ2) is 8.03. The van der Waals surface area contributed by atoms with Gasteiger partial charge in [-0.3, -0.25) is 4.79 Å². The summed E-state index contributed by atoms with van der Waals surface area (Å²) < 4.78 is 5.19. The lowest BCUT2D eigenvalue weighted by Crippen LogP contribution is -2.13. The van der Waals surface area contributed by atoms with E-state index < -0.39 is 5.91 Å². The highest BCUT2D eigenvalue weighted by Crippen LogP contribution is 2.27. The van der Waals surface area contributed by atoms with Gasteiger partial charge < -0.3 is 15.4 Å². The van der Waals surface area contributed by atoms with Crippen molar-refractivity contribution < 1.29 is 9.53 Å². The van der Waals surface area contributed by atoms with Crippen LogP contribution in [0.3, 0.4) is 0 Å². The number of nitrogens with zero attached hydrogens (tertiary/aromatic N) is 1. The van der Waals surface area contributed by atoms with Crippen LogP contribution in [0.4, 0.5) is 11.4 Å². The number of ether oxygens (including phenoxy) is 1. The zero-order valence-corrected chi connectivity index (χ0v) is 14.5. The van der Waals surface area contributed by atoms with Crippen molar-refractivity contribution in [2.45, 2.75) is 0 Å². The summed E-state index contributed by atoms with van der Waals surface area (Å²) in [6.07, 6.45) is 3.97. The van der Waals surface area contributed by atoms with E-state index in [1.54, 1.807) is 19.2 Å². The number of nitrogens with two attached hydrogens (primary N) is 1. The standard InChI is InChI=1S/C22H20N2O2/c1-26-21-12-10-17(11-13-21)14-15-24(19-7-3-2-4-8-19)20-9-5-6-18(16-20)22(23)25/h2-16H,1H3,(H2,23,25)/b15-14+. The Kier molecular flexibility index (Phi) is 5.34. The molecule has 3 aromatic rings. The van der Waals surface area contributed by atoms with Crippen LogP contribution in [0.2, 0.25) is 0 Å². The largest absolute Gasteiger partial charge is 0.497 e. The smallest absolute Gasteiger partial charge is 0.248 e. The first-order valence-electron chi connectivity index (χ1n) is 8.24. The molecule has 0 aliphatic carbocycles. The van der Waals surface area contributed by atoms with Crippen molar-refractivity contribution >= 4 is 23.4 Å². The summed E-state index contributed by atoms with van der Waals surface area (Å²) in [4.78, 5) is 13.5. The predicted molar refractivity (Wildman–Crippen MR) is 106 cm³/mol. The van der Waals surface area contributed by atoms with E-state index in [4.69, 9.17) is 10.5 Å². The van der Waals surface area contributed by atoms with Crippen LogP contribution in [-0.4, -0.2) is 13.0 Å². The highest BCUT2D eigenvalue weighted by Gasteiger charge is 2.08. The van der Waals surface area contributed by atoms with Crippen molar-refractivity contribution in [2.75, 3.05) is 12.0 Å². The minimum absolute atomic E-state index is 0.445. The highest BCUT2D eigenvalue weighted by atomic mass is 16.5. The zero-order chi connectivity index (χ0) is 18.4. The number of carbonyl (C=O) groups is 1. The second-order valence-corrected chi connectivity index (χ2v) is 5.71. The molecule has 2 N–H and O–H groups in total. The minimum Gasteiger partial charge on any atom is -0.497 e. The molecule has 0 fully saturated rings. The van der Waals surface area contributed by atoms with Crippen molar-refractivity contribution in [2.24, 2.45) is 5.73 Å². The Morgan fingerprint density at radius 3 is 2.27 bits per heavy atom. The van der Waals surface area contributed by atoms with Gasteiger partial charge in [-0.2, -0.15) is 0 Å². The summed E-state index contributed by atoms with van der Waals surface area (Å²) in [5.41, 5.74) is 8.78. The number of primary amides is 1. The fourth-order valence-electron chi connectivity index (χ4n) is 2.59. The fraction of sp³-hybridized carbons (Fsp3) is 0.0455. The third kappa shape index (κ3) is 4.11. The molecular formula is C22H20N2O2. The van der Waals surface area contributed by atoms with Gasteiger partial charge in [-0.1, -0.05) is 36.4 Å². The Balaban J connectivity index is 1.97. The van der Waals surface area contributed by atoms with Crippen LogP contribution in [-0.2, 0) is 0 Å². The van der Waals surface area contributed by atoms with Gasteiger partial charge in [-0.25, -0.2) is 0 Å². The number of methoxy groups -OCH3 is 1. The van der Waals surface area contributed by atoms with Gasteiger partial charge in [-0.05, 0) is 54.1 Å². The molecule has 0 bridgehead atoms. The first kappa shape index (κ1) is 17.3. The monoisotopic (exact) mass is 344 g/mol. The minimum atomic E-state index is -0.445. The third-order valence-corrected chi connectivity index (χ3v) is 3.98. The van der Waals surface area contributed by atoms with Crippen LogP contribution < -0.4 is 15.4 Å². The predicted octanol–water partition coefficient (Wildman–Crippen LogP) is 4.60. The average molecular weight is 344 g/mol. The molecule has 0 heterocycles. The lowest BCUT2D eigenvalue weighted by molar-refractivity contribution is 0.100. The lowest BCUT2D eigenvalue weighted by Gasteiger charge is -2.21. The van der Waals surface area contributed by atoms with Gasteiger partial charge in [0.05, 0.1) is 7.11 Å². The maximum absolute atomic E-state index is 11.5. The van der Waals surface area contributed by atoms with Gasteiger partial charge in [0, 0.05) is 23.1 Å². The van der Waals surface area contributed by atoms with Gasteiger partial charge in [0.15, 0.2) is 0 Å². The number of rotatable bonds is 6. The van der Waals surface area contributed by atoms with E-state index in [1.807, 2.05) is 83.9 Å². The molecule has 0 aliphatic heterocycles. The summed E-state index contributed by atoms with van der Waals surface area (Å²) in [7, 11) is 1.65. The Labute approximate surface area is 153 Å². The van der Waals surface area contributed by atoms with E-state index in [1.165, 1.54) is 0 Å². The van der Waals surface area contributed by atoms with Gasteiger partial charge in [0.1, 0.15) is 5.75 Å². The first-order valence-corrected chi connectivity index (χ1v) is 8.24. The first-order chi connectivity index (χ1) is 12.7. The molecule has 0 radical (unpaired) electrons. The van der Waals surface area contributed by atoms with E-state index >= 15 is 0 Å². The molecule has 0 aromatic heterocycles. The van der Waals surface area contributed by atoms with Crippen molar-refractivity contribution in [1.82, 2.24) is 0 Å². The maximum Gasteiger partial charge on any atom is 0.248 e. The maximum atomic E-state index is 11.5. The van der Waals surface area contributed by atoms with Gasteiger partial charge in [0.25, 0.3) is 0 Å². The zero-order valence-electron chi connectivity index (χ0n) is 14.5. The van der Waals surface area contributed by atoms with E-state index in [9.17, 15) is 4.79 Å². The van der Waals surface area contributed by atoms with E-state index in [-0.39, 0.29) is 0 Å². The Morgan fingerprint density at radius 1 is 0.923 bits per heavy atom. The normalized spacial score (nSPS) is 10.7. The van der Waals surface area contributed by atoms with Crippen LogP contribution in [0.5, 0.6) is 5.75 Å². The number of para-hydroxylation sites is 1. The fourth-order valence-corrected chi connectivity index (χ4v) is 2.59. The van der Waals surface area contributed by atoms with Crippen LogP contribution in [0.15, 0.2) is 85.1 Å². The number of carbonyl (C=O) groups excluding carboxylic acids is 1. The molecule has 130 valence electrons.